The minimum absolute atomic E-state index is 0.152. The van der Waals surface area contributed by atoms with Crippen molar-refractivity contribution < 1.29 is 22.5 Å². The highest BCUT2D eigenvalue weighted by Gasteiger charge is 2.34. The second-order valence-corrected chi connectivity index (χ2v) is 10.0. The molecule has 0 aromatic carbocycles. The second-order valence-electron chi connectivity index (χ2n) is 8.05. The first-order chi connectivity index (χ1) is 13.8. The highest BCUT2D eigenvalue weighted by atomic mass is 32.2. The van der Waals surface area contributed by atoms with Crippen molar-refractivity contribution in [3.05, 3.63) is 17.5 Å². The van der Waals surface area contributed by atoms with Crippen LogP contribution in [-0.2, 0) is 14.8 Å². The Bertz CT molecular complexity index is 790. The van der Waals surface area contributed by atoms with Crippen molar-refractivity contribution in [1.29, 1.82) is 0 Å². The van der Waals surface area contributed by atoms with E-state index in [9.17, 15) is 13.2 Å². The van der Waals surface area contributed by atoms with Crippen LogP contribution in [0.25, 0.3) is 0 Å². The first-order valence-electron chi connectivity index (χ1n) is 10.2. The van der Waals surface area contributed by atoms with E-state index < -0.39 is 10.0 Å². The number of nitrogens with zero attached hydrogens (tertiary/aromatic N) is 4. The molecule has 164 valence electrons. The van der Waals surface area contributed by atoms with Crippen LogP contribution < -0.4 is 0 Å². The van der Waals surface area contributed by atoms with Gasteiger partial charge in [-0.2, -0.15) is 0 Å². The summed E-state index contributed by atoms with van der Waals surface area (Å²) in [5.41, 5.74) is 0.309. The van der Waals surface area contributed by atoms with Gasteiger partial charge in [0, 0.05) is 64.6 Å². The van der Waals surface area contributed by atoms with Gasteiger partial charge in [-0.15, -0.1) is 0 Å². The van der Waals surface area contributed by atoms with Gasteiger partial charge in [0.2, 0.25) is 10.0 Å². The summed E-state index contributed by atoms with van der Waals surface area (Å²) in [4.78, 5) is 16.6. The Hall–Kier alpha value is -1.49. The van der Waals surface area contributed by atoms with Gasteiger partial charge in [0.05, 0.1) is 6.26 Å². The number of sulfonamides is 1. The molecule has 1 unspecified atom stereocenters. The summed E-state index contributed by atoms with van der Waals surface area (Å²) in [5, 5.41) is 3.81. The van der Waals surface area contributed by atoms with Crippen molar-refractivity contribution in [1.82, 2.24) is 19.3 Å². The van der Waals surface area contributed by atoms with Gasteiger partial charge in [0.25, 0.3) is 5.91 Å². The van der Waals surface area contributed by atoms with Crippen LogP contribution in [0.15, 0.2) is 10.6 Å². The quantitative estimate of drug-likeness (QED) is 0.638. The Morgan fingerprint density at radius 2 is 1.97 bits per heavy atom. The number of hydrogen-bond donors (Lipinski definition) is 0. The monoisotopic (exact) mass is 428 g/mol. The van der Waals surface area contributed by atoms with Crippen LogP contribution in [0.5, 0.6) is 0 Å². The number of carbonyl (C=O) groups is 1. The van der Waals surface area contributed by atoms with Crippen LogP contribution in [-0.4, -0.2) is 98.4 Å². The van der Waals surface area contributed by atoms with Gasteiger partial charge in [0.1, 0.15) is 5.76 Å². The molecule has 3 rings (SSSR count). The Labute approximate surface area is 173 Å². The van der Waals surface area contributed by atoms with Gasteiger partial charge in [-0.25, -0.2) is 12.7 Å². The minimum atomic E-state index is -3.20. The molecule has 2 fully saturated rings. The van der Waals surface area contributed by atoms with Crippen molar-refractivity contribution in [3.8, 4) is 0 Å². The number of ether oxygens (including phenoxy) is 1. The molecule has 1 aromatic rings. The summed E-state index contributed by atoms with van der Waals surface area (Å²) in [6.07, 6.45) is 4.94. The zero-order valence-corrected chi connectivity index (χ0v) is 18.4. The van der Waals surface area contributed by atoms with Crippen molar-refractivity contribution in [2.24, 2.45) is 0 Å². The van der Waals surface area contributed by atoms with E-state index in [0.29, 0.717) is 43.7 Å². The average molecular weight is 429 g/mol. The molecule has 10 heteroatoms. The fraction of sp³-hybridized carbons (Fsp3) is 0.789. The third-order valence-corrected chi connectivity index (χ3v) is 7.11. The maximum Gasteiger partial charge on any atom is 0.275 e. The molecule has 1 amide bonds. The highest BCUT2D eigenvalue weighted by Crippen LogP contribution is 2.24. The van der Waals surface area contributed by atoms with Crippen LogP contribution >= 0.6 is 0 Å². The molecule has 29 heavy (non-hydrogen) atoms. The molecule has 3 heterocycles. The molecule has 1 aromatic heterocycles. The van der Waals surface area contributed by atoms with Crippen molar-refractivity contribution in [3.63, 3.8) is 0 Å². The molecule has 2 aliphatic heterocycles. The Morgan fingerprint density at radius 1 is 1.24 bits per heavy atom. The number of amides is 1. The number of carbonyl (C=O) groups excluding carboxylic acids is 1. The van der Waals surface area contributed by atoms with Crippen LogP contribution in [0.4, 0.5) is 0 Å². The lowest BCUT2D eigenvalue weighted by atomic mass is 9.99. The first kappa shape index (κ1) is 22.2. The smallest absolute Gasteiger partial charge is 0.275 e. The molecule has 0 N–H and O–H groups in total. The molecule has 2 aliphatic rings. The SMILES string of the molecule is Cc1cc(C(=O)N(C)CCN(C2CCOCC2)C2CCCN(S(C)(=O)=O)C2)no1. The van der Waals surface area contributed by atoms with E-state index in [1.807, 2.05) is 0 Å². The Morgan fingerprint density at radius 3 is 2.59 bits per heavy atom. The molecular weight excluding hydrogens is 396 g/mol. The summed E-state index contributed by atoms with van der Waals surface area (Å²) in [5.74, 6) is 0.434. The predicted octanol–water partition coefficient (Wildman–Crippen LogP) is 0.960. The topological polar surface area (TPSA) is 96.2 Å². The van der Waals surface area contributed by atoms with E-state index in [0.717, 1.165) is 38.9 Å². The van der Waals surface area contributed by atoms with Crippen molar-refractivity contribution >= 4 is 15.9 Å². The fourth-order valence-corrected chi connectivity index (χ4v) is 5.11. The van der Waals surface area contributed by atoms with Gasteiger partial charge >= 0.3 is 0 Å². The predicted molar refractivity (Wildman–Crippen MR) is 108 cm³/mol. The van der Waals surface area contributed by atoms with Crippen LogP contribution in [0.1, 0.15) is 41.9 Å². The number of aryl methyl sites for hydroxylation is 1. The Balaban J connectivity index is 1.67. The molecule has 0 aliphatic carbocycles. The molecule has 2 saturated heterocycles. The zero-order chi connectivity index (χ0) is 21.0. The number of piperidine rings is 1. The van der Waals surface area contributed by atoms with Gasteiger partial charge in [-0.3, -0.25) is 9.69 Å². The summed E-state index contributed by atoms with van der Waals surface area (Å²) in [6, 6.07) is 2.13. The fourth-order valence-electron chi connectivity index (χ4n) is 4.20. The molecule has 0 saturated carbocycles. The van der Waals surface area contributed by atoms with E-state index >= 15 is 0 Å². The summed E-state index contributed by atoms with van der Waals surface area (Å²) in [7, 11) is -1.44. The number of hydrogen-bond acceptors (Lipinski definition) is 7. The Kier molecular flexibility index (Phi) is 7.31. The largest absolute Gasteiger partial charge is 0.381 e. The number of aromatic nitrogens is 1. The van der Waals surface area contributed by atoms with E-state index in [2.05, 4.69) is 10.1 Å². The molecular formula is C19H32N4O5S. The summed E-state index contributed by atoms with van der Waals surface area (Å²) >= 11 is 0. The molecule has 0 spiro atoms. The summed E-state index contributed by atoms with van der Waals surface area (Å²) in [6.45, 7) is 5.52. The first-order valence-corrected chi connectivity index (χ1v) is 12.1. The van der Waals surface area contributed by atoms with Gasteiger partial charge in [-0.05, 0) is 32.6 Å². The second kappa shape index (κ2) is 9.55. The maximum absolute atomic E-state index is 12.6. The number of rotatable bonds is 7. The lowest BCUT2D eigenvalue weighted by Gasteiger charge is -2.44. The highest BCUT2D eigenvalue weighted by molar-refractivity contribution is 7.88. The normalized spacial score (nSPS) is 22.1. The molecule has 0 radical (unpaired) electrons. The summed E-state index contributed by atoms with van der Waals surface area (Å²) < 4.78 is 36.2. The average Bonchev–Trinajstić information content (AvgIpc) is 3.14. The minimum Gasteiger partial charge on any atom is -0.381 e. The van der Waals surface area contributed by atoms with E-state index in [1.54, 1.807) is 29.2 Å². The zero-order valence-electron chi connectivity index (χ0n) is 17.5. The standard InChI is InChI=1S/C19H32N4O5S/c1-15-13-18(20-28-15)19(24)21(2)9-10-23(16-6-11-27-12-7-16)17-5-4-8-22(14-17)29(3,25)26/h13,16-17H,4-12,14H2,1-3H3. The van der Waals surface area contributed by atoms with Crippen LogP contribution in [0.3, 0.4) is 0 Å². The lowest BCUT2D eigenvalue weighted by Crippen LogP contribution is -2.55. The van der Waals surface area contributed by atoms with Gasteiger partial charge < -0.3 is 14.2 Å². The van der Waals surface area contributed by atoms with E-state index in [4.69, 9.17) is 9.26 Å². The molecule has 0 bridgehead atoms. The molecule has 9 nitrogen and oxygen atoms in total. The van der Waals surface area contributed by atoms with Crippen LogP contribution in [0, 0.1) is 6.92 Å². The maximum atomic E-state index is 12.6. The molecule has 1 atom stereocenters. The van der Waals surface area contributed by atoms with Crippen LogP contribution in [0.2, 0.25) is 0 Å². The van der Waals surface area contributed by atoms with E-state index in [-0.39, 0.29) is 11.9 Å². The third-order valence-electron chi connectivity index (χ3n) is 5.84. The van der Waals surface area contributed by atoms with Gasteiger partial charge in [-0.1, -0.05) is 5.16 Å². The van der Waals surface area contributed by atoms with Crippen molar-refractivity contribution in [2.75, 3.05) is 52.7 Å². The van der Waals surface area contributed by atoms with E-state index in [1.165, 1.54) is 6.26 Å². The lowest BCUT2D eigenvalue weighted by molar-refractivity contribution is 0.00315. The number of likely N-dealkylation sites (N-methyl/N-ethyl adjacent to an activating group) is 1. The third kappa shape index (κ3) is 5.78. The van der Waals surface area contributed by atoms with Gasteiger partial charge in [0.15, 0.2) is 5.69 Å². The van der Waals surface area contributed by atoms with Crippen molar-refractivity contribution in [2.45, 2.75) is 44.7 Å².